The summed E-state index contributed by atoms with van der Waals surface area (Å²) in [6, 6.07) is 0. The van der Waals surface area contributed by atoms with Gasteiger partial charge in [0, 0.05) is 13.2 Å². The van der Waals surface area contributed by atoms with Gasteiger partial charge < -0.3 is 4.74 Å². The molecule has 0 aromatic carbocycles. The lowest BCUT2D eigenvalue weighted by molar-refractivity contribution is 0.114. The highest BCUT2D eigenvalue weighted by Gasteiger charge is 1.95. The molecule has 1 nitrogen and oxygen atoms in total. The second-order valence-electron chi connectivity index (χ2n) is 3.98. The van der Waals surface area contributed by atoms with Gasteiger partial charge in [0.05, 0.1) is 0 Å². The molecule has 0 unspecified atom stereocenters. The van der Waals surface area contributed by atoms with E-state index in [2.05, 4.69) is 40.9 Å². The van der Waals surface area contributed by atoms with Crippen molar-refractivity contribution in [3.63, 3.8) is 0 Å². The molecule has 0 saturated carbocycles. The summed E-state index contributed by atoms with van der Waals surface area (Å²) in [6.45, 7) is 16.8. The highest BCUT2D eigenvalue weighted by Crippen LogP contribution is 2.02. The average molecular weight is 186 g/mol. The van der Waals surface area contributed by atoms with E-state index < -0.39 is 0 Å². The Morgan fingerprint density at radius 3 is 1.38 bits per heavy atom. The molecule has 0 aliphatic rings. The summed E-state index contributed by atoms with van der Waals surface area (Å²) in [5.41, 5.74) is 0. The van der Waals surface area contributed by atoms with Crippen LogP contribution in [0.25, 0.3) is 0 Å². The molecule has 0 bridgehead atoms. The number of hydrogen-bond donors (Lipinski definition) is 0. The van der Waals surface area contributed by atoms with Gasteiger partial charge in [0.1, 0.15) is 0 Å². The summed E-state index contributed by atoms with van der Waals surface area (Å²) in [4.78, 5) is 0. The van der Waals surface area contributed by atoms with Crippen molar-refractivity contribution >= 4 is 0 Å². The molecule has 0 fully saturated rings. The lowest BCUT2D eigenvalue weighted by Crippen LogP contribution is -2.02. The van der Waals surface area contributed by atoms with E-state index in [4.69, 9.17) is 4.74 Å². The smallest absolute Gasteiger partial charge is 0.0468 e. The SMILES string of the molecule is C=C.CC(C)CCOCCC(C)C. The fraction of sp³-hybridized carbons (Fsp3) is 0.833. The molecule has 0 heterocycles. The second kappa shape index (κ2) is 11.7. The average Bonchev–Trinajstić information content (AvgIpc) is 2.06. The number of ether oxygens (including phenoxy) is 1. The molecule has 0 N–H and O–H groups in total. The molecule has 0 spiro atoms. The van der Waals surface area contributed by atoms with Crippen LogP contribution in [-0.2, 0) is 4.74 Å². The molecule has 0 radical (unpaired) electrons. The van der Waals surface area contributed by atoms with Gasteiger partial charge in [-0.15, -0.1) is 13.2 Å². The van der Waals surface area contributed by atoms with Crippen LogP contribution in [0.4, 0.5) is 0 Å². The molecule has 0 aliphatic carbocycles. The molecule has 0 aromatic rings. The topological polar surface area (TPSA) is 9.23 Å². The van der Waals surface area contributed by atoms with Crippen LogP contribution in [0.2, 0.25) is 0 Å². The molecular weight excluding hydrogens is 160 g/mol. The first-order chi connectivity index (χ1) is 6.13. The van der Waals surface area contributed by atoms with Crippen molar-refractivity contribution in [2.75, 3.05) is 13.2 Å². The zero-order valence-corrected chi connectivity index (χ0v) is 9.81. The molecule has 0 saturated heterocycles. The number of hydrogen-bond acceptors (Lipinski definition) is 1. The van der Waals surface area contributed by atoms with Gasteiger partial charge >= 0.3 is 0 Å². The first-order valence-corrected chi connectivity index (χ1v) is 5.20. The van der Waals surface area contributed by atoms with E-state index in [9.17, 15) is 0 Å². The Labute approximate surface area is 84.2 Å². The molecule has 0 atom stereocenters. The van der Waals surface area contributed by atoms with E-state index in [1.54, 1.807) is 0 Å². The molecular formula is C12H26O. The monoisotopic (exact) mass is 186 g/mol. The normalized spacial score (nSPS) is 10.0. The van der Waals surface area contributed by atoms with Crippen molar-refractivity contribution in [1.82, 2.24) is 0 Å². The fourth-order valence-electron chi connectivity index (χ4n) is 0.740. The minimum atomic E-state index is 0.772. The van der Waals surface area contributed by atoms with Gasteiger partial charge in [-0.2, -0.15) is 0 Å². The van der Waals surface area contributed by atoms with E-state index in [1.807, 2.05) is 0 Å². The van der Waals surface area contributed by atoms with Crippen LogP contribution in [0.15, 0.2) is 13.2 Å². The molecule has 80 valence electrons. The molecule has 0 aliphatic heterocycles. The molecule has 1 heteroatoms. The van der Waals surface area contributed by atoms with Gasteiger partial charge in [0.2, 0.25) is 0 Å². The quantitative estimate of drug-likeness (QED) is 0.451. The summed E-state index contributed by atoms with van der Waals surface area (Å²) in [7, 11) is 0. The van der Waals surface area contributed by atoms with Crippen LogP contribution in [0, 0.1) is 11.8 Å². The van der Waals surface area contributed by atoms with E-state index in [-0.39, 0.29) is 0 Å². The molecule has 0 aromatic heterocycles. The van der Waals surface area contributed by atoms with E-state index in [1.165, 1.54) is 12.8 Å². The van der Waals surface area contributed by atoms with Crippen LogP contribution in [-0.4, -0.2) is 13.2 Å². The van der Waals surface area contributed by atoms with Crippen LogP contribution >= 0.6 is 0 Å². The van der Waals surface area contributed by atoms with Gasteiger partial charge in [-0.1, -0.05) is 27.7 Å². The highest BCUT2D eigenvalue weighted by atomic mass is 16.5. The summed E-state index contributed by atoms with van der Waals surface area (Å²) >= 11 is 0. The van der Waals surface area contributed by atoms with Gasteiger partial charge in [0.25, 0.3) is 0 Å². The molecule has 13 heavy (non-hydrogen) atoms. The lowest BCUT2D eigenvalue weighted by atomic mass is 10.1. The standard InChI is InChI=1S/C10H22O.C2H4/c1-9(2)5-7-11-8-6-10(3)4;1-2/h9-10H,5-8H2,1-4H3;1-2H2. The van der Waals surface area contributed by atoms with Crippen LogP contribution < -0.4 is 0 Å². The third-order valence-corrected chi connectivity index (χ3v) is 1.68. The Balaban J connectivity index is 0. The Morgan fingerprint density at radius 1 is 0.846 bits per heavy atom. The van der Waals surface area contributed by atoms with Crippen molar-refractivity contribution in [3.8, 4) is 0 Å². The third-order valence-electron chi connectivity index (χ3n) is 1.68. The summed E-state index contributed by atoms with van der Waals surface area (Å²) in [6.07, 6.45) is 2.39. The van der Waals surface area contributed by atoms with Crippen molar-refractivity contribution in [3.05, 3.63) is 13.2 Å². The van der Waals surface area contributed by atoms with E-state index in [0.717, 1.165) is 25.0 Å². The van der Waals surface area contributed by atoms with Gasteiger partial charge in [-0.05, 0) is 24.7 Å². The van der Waals surface area contributed by atoms with Crippen LogP contribution in [0.5, 0.6) is 0 Å². The number of rotatable bonds is 6. The minimum absolute atomic E-state index is 0.772. The predicted octanol–water partition coefficient (Wildman–Crippen LogP) is 3.90. The van der Waals surface area contributed by atoms with Crippen molar-refractivity contribution in [2.24, 2.45) is 11.8 Å². The van der Waals surface area contributed by atoms with Crippen LogP contribution in [0.1, 0.15) is 40.5 Å². The zero-order valence-electron chi connectivity index (χ0n) is 9.81. The first-order valence-electron chi connectivity index (χ1n) is 5.20. The summed E-state index contributed by atoms with van der Waals surface area (Å²) in [5, 5.41) is 0. The lowest BCUT2D eigenvalue weighted by Gasteiger charge is -2.07. The predicted molar refractivity (Wildman–Crippen MR) is 61.0 cm³/mol. The fourth-order valence-corrected chi connectivity index (χ4v) is 0.740. The zero-order chi connectivity index (χ0) is 10.7. The Morgan fingerprint density at radius 2 is 1.15 bits per heavy atom. The Hall–Kier alpha value is -0.300. The summed E-state index contributed by atoms with van der Waals surface area (Å²) in [5.74, 6) is 1.54. The Bertz CT molecular complexity index is 77.1. The third kappa shape index (κ3) is 18.6. The van der Waals surface area contributed by atoms with Gasteiger partial charge in [0.15, 0.2) is 0 Å². The largest absolute Gasteiger partial charge is 0.381 e. The van der Waals surface area contributed by atoms with Crippen molar-refractivity contribution in [1.29, 1.82) is 0 Å². The summed E-state index contributed by atoms with van der Waals surface area (Å²) < 4.78 is 5.46. The maximum Gasteiger partial charge on any atom is 0.0468 e. The van der Waals surface area contributed by atoms with E-state index in [0.29, 0.717) is 0 Å². The maximum absolute atomic E-state index is 5.46. The molecule has 0 amide bonds. The van der Waals surface area contributed by atoms with Gasteiger partial charge in [-0.25, -0.2) is 0 Å². The van der Waals surface area contributed by atoms with Gasteiger partial charge in [-0.3, -0.25) is 0 Å². The molecule has 0 rings (SSSR count). The maximum atomic E-state index is 5.46. The van der Waals surface area contributed by atoms with E-state index >= 15 is 0 Å². The second-order valence-corrected chi connectivity index (χ2v) is 3.98. The Kier molecular flexibility index (Phi) is 13.7. The van der Waals surface area contributed by atoms with Crippen LogP contribution in [0.3, 0.4) is 0 Å². The van der Waals surface area contributed by atoms with Crippen molar-refractivity contribution in [2.45, 2.75) is 40.5 Å². The van der Waals surface area contributed by atoms with Crippen molar-refractivity contribution < 1.29 is 4.74 Å². The highest BCUT2D eigenvalue weighted by molar-refractivity contribution is 4.45. The first kappa shape index (κ1) is 15.2. The minimum Gasteiger partial charge on any atom is -0.381 e.